The third-order valence-corrected chi connectivity index (χ3v) is 1.97. The van der Waals surface area contributed by atoms with Gasteiger partial charge in [0.15, 0.2) is 0 Å². The van der Waals surface area contributed by atoms with Crippen molar-refractivity contribution in [3.63, 3.8) is 0 Å². The lowest BCUT2D eigenvalue weighted by atomic mass is 10.1. The lowest BCUT2D eigenvalue weighted by Crippen LogP contribution is -2.08. The molecule has 1 rings (SSSR count). The summed E-state index contributed by atoms with van der Waals surface area (Å²) < 4.78 is 14.3. The number of ether oxygens (including phenoxy) is 3. The van der Waals surface area contributed by atoms with Crippen LogP contribution in [0.15, 0.2) is 24.2 Å². The highest BCUT2D eigenvalue weighted by Crippen LogP contribution is 2.09. The predicted octanol–water partition coefficient (Wildman–Crippen LogP) is 0.731. The molecule has 1 aromatic rings. The van der Waals surface area contributed by atoms with Crippen molar-refractivity contribution < 1.29 is 19.0 Å². The summed E-state index contributed by atoms with van der Waals surface area (Å²) in [5.74, 6) is -0.442. The Hall–Kier alpha value is -2.11. The Kier molecular flexibility index (Phi) is 4.93. The molecule has 92 valence electrons. The van der Waals surface area contributed by atoms with Gasteiger partial charge in [0.05, 0.1) is 33.2 Å². The molecule has 0 amide bonds. The largest absolute Gasteiger partial charge is 0.504 e. The highest BCUT2D eigenvalue weighted by Gasteiger charge is 2.11. The SMILES string of the molecule is CO/C=C(/Cc1cnc(OC)nc1)C(=O)OC. The van der Waals surface area contributed by atoms with E-state index in [-0.39, 0.29) is 6.01 Å². The van der Waals surface area contributed by atoms with E-state index in [1.807, 2.05) is 0 Å². The zero-order chi connectivity index (χ0) is 12.7. The van der Waals surface area contributed by atoms with Crippen LogP contribution in [0.3, 0.4) is 0 Å². The third-order valence-electron chi connectivity index (χ3n) is 1.97. The molecular formula is C11H14N2O4. The average Bonchev–Trinajstić information content (AvgIpc) is 2.38. The van der Waals surface area contributed by atoms with Gasteiger partial charge >= 0.3 is 12.0 Å². The minimum absolute atomic E-state index is 0.282. The topological polar surface area (TPSA) is 70.5 Å². The molecule has 0 spiro atoms. The van der Waals surface area contributed by atoms with Gasteiger partial charge in [0.1, 0.15) is 0 Å². The number of aromatic nitrogens is 2. The van der Waals surface area contributed by atoms with E-state index in [0.717, 1.165) is 5.56 Å². The maximum atomic E-state index is 11.4. The molecule has 0 aliphatic rings. The van der Waals surface area contributed by atoms with E-state index in [1.54, 1.807) is 12.4 Å². The van der Waals surface area contributed by atoms with Crippen molar-refractivity contribution in [3.05, 3.63) is 29.8 Å². The zero-order valence-corrected chi connectivity index (χ0v) is 9.97. The molecule has 0 aromatic carbocycles. The van der Waals surface area contributed by atoms with Gasteiger partial charge in [-0.25, -0.2) is 14.8 Å². The zero-order valence-electron chi connectivity index (χ0n) is 9.97. The molecule has 0 fully saturated rings. The van der Waals surface area contributed by atoms with E-state index in [9.17, 15) is 4.79 Å². The van der Waals surface area contributed by atoms with Crippen molar-refractivity contribution in [2.75, 3.05) is 21.3 Å². The van der Waals surface area contributed by atoms with E-state index in [4.69, 9.17) is 9.47 Å². The number of methoxy groups -OCH3 is 3. The number of nitrogens with zero attached hydrogens (tertiary/aromatic N) is 2. The number of carbonyl (C=O) groups excluding carboxylic acids is 1. The third kappa shape index (κ3) is 3.75. The van der Waals surface area contributed by atoms with Crippen molar-refractivity contribution in [2.24, 2.45) is 0 Å². The fourth-order valence-electron chi connectivity index (χ4n) is 1.19. The van der Waals surface area contributed by atoms with Gasteiger partial charge in [-0.1, -0.05) is 0 Å². The van der Waals surface area contributed by atoms with Crippen molar-refractivity contribution in [2.45, 2.75) is 6.42 Å². The summed E-state index contributed by atoms with van der Waals surface area (Å²) in [4.78, 5) is 19.3. The Bertz CT molecular complexity index is 400. The summed E-state index contributed by atoms with van der Waals surface area (Å²) in [5, 5.41) is 0. The van der Waals surface area contributed by atoms with E-state index in [2.05, 4.69) is 14.7 Å². The summed E-state index contributed by atoms with van der Waals surface area (Å²) in [5.41, 5.74) is 1.16. The van der Waals surface area contributed by atoms with Gasteiger partial charge in [-0.15, -0.1) is 0 Å². The van der Waals surface area contributed by atoms with Crippen molar-refractivity contribution in [3.8, 4) is 6.01 Å². The predicted molar refractivity (Wildman–Crippen MR) is 59.4 cm³/mol. The molecule has 0 atom stereocenters. The molecule has 0 aliphatic heterocycles. The minimum Gasteiger partial charge on any atom is -0.504 e. The molecule has 0 aliphatic carbocycles. The van der Waals surface area contributed by atoms with Crippen LogP contribution in [0.1, 0.15) is 5.56 Å². The maximum absolute atomic E-state index is 11.4. The molecule has 0 saturated heterocycles. The van der Waals surface area contributed by atoms with Crippen LogP contribution < -0.4 is 4.74 Å². The van der Waals surface area contributed by atoms with Crippen LogP contribution in [0, 0.1) is 0 Å². The van der Waals surface area contributed by atoms with Gasteiger partial charge in [-0.05, 0) is 5.56 Å². The maximum Gasteiger partial charge on any atom is 0.337 e. The first-order valence-electron chi connectivity index (χ1n) is 4.86. The van der Waals surface area contributed by atoms with Gasteiger partial charge in [0.25, 0.3) is 0 Å². The molecule has 0 N–H and O–H groups in total. The van der Waals surface area contributed by atoms with Crippen LogP contribution >= 0.6 is 0 Å². The number of hydrogen-bond acceptors (Lipinski definition) is 6. The summed E-state index contributed by atoms with van der Waals surface area (Å²) in [7, 11) is 4.27. The lowest BCUT2D eigenvalue weighted by molar-refractivity contribution is -0.136. The number of hydrogen-bond donors (Lipinski definition) is 0. The van der Waals surface area contributed by atoms with Crippen LogP contribution in [0.5, 0.6) is 6.01 Å². The fourth-order valence-corrected chi connectivity index (χ4v) is 1.19. The van der Waals surface area contributed by atoms with E-state index >= 15 is 0 Å². The highest BCUT2D eigenvalue weighted by molar-refractivity contribution is 5.88. The smallest absolute Gasteiger partial charge is 0.337 e. The first-order valence-corrected chi connectivity index (χ1v) is 4.86. The second kappa shape index (κ2) is 6.47. The van der Waals surface area contributed by atoms with E-state index < -0.39 is 5.97 Å². The summed E-state index contributed by atoms with van der Waals surface area (Å²) in [6, 6.07) is 0.282. The Morgan fingerprint density at radius 1 is 1.29 bits per heavy atom. The van der Waals surface area contributed by atoms with Crippen LogP contribution in [0.4, 0.5) is 0 Å². The number of rotatable bonds is 5. The molecule has 0 unspecified atom stereocenters. The summed E-state index contributed by atoms with van der Waals surface area (Å²) in [6.45, 7) is 0. The van der Waals surface area contributed by atoms with Crippen molar-refractivity contribution >= 4 is 5.97 Å². The fraction of sp³-hybridized carbons (Fsp3) is 0.364. The summed E-state index contributed by atoms with van der Waals surface area (Å²) >= 11 is 0. The second-order valence-corrected chi connectivity index (χ2v) is 3.13. The van der Waals surface area contributed by atoms with E-state index in [0.29, 0.717) is 12.0 Å². The molecule has 0 bridgehead atoms. The van der Waals surface area contributed by atoms with Crippen LogP contribution in [0.2, 0.25) is 0 Å². The molecule has 6 nitrogen and oxygen atoms in total. The monoisotopic (exact) mass is 238 g/mol. The minimum atomic E-state index is -0.442. The summed E-state index contributed by atoms with van der Waals surface area (Å²) in [6.07, 6.45) is 4.84. The Balaban J connectivity index is 2.79. The van der Waals surface area contributed by atoms with Gasteiger partial charge in [0, 0.05) is 18.8 Å². The molecule has 1 heterocycles. The lowest BCUT2D eigenvalue weighted by Gasteiger charge is -2.05. The second-order valence-electron chi connectivity index (χ2n) is 3.13. The average molecular weight is 238 g/mol. The van der Waals surface area contributed by atoms with Crippen molar-refractivity contribution in [1.82, 2.24) is 9.97 Å². The van der Waals surface area contributed by atoms with Gasteiger partial charge in [-0.2, -0.15) is 0 Å². The van der Waals surface area contributed by atoms with Gasteiger partial charge in [-0.3, -0.25) is 0 Å². The Morgan fingerprint density at radius 2 is 1.94 bits per heavy atom. The molecule has 1 aromatic heterocycles. The Morgan fingerprint density at radius 3 is 2.41 bits per heavy atom. The first-order chi connectivity index (χ1) is 8.21. The van der Waals surface area contributed by atoms with Crippen LogP contribution in [0.25, 0.3) is 0 Å². The molecule has 6 heteroatoms. The van der Waals surface area contributed by atoms with Crippen LogP contribution in [-0.4, -0.2) is 37.3 Å². The normalized spacial score (nSPS) is 10.9. The first kappa shape index (κ1) is 13.0. The van der Waals surface area contributed by atoms with Gasteiger partial charge < -0.3 is 14.2 Å². The van der Waals surface area contributed by atoms with E-state index in [1.165, 1.54) is 27.6 Å². The number of carbonyl (C=O) groups is 1. The van der Waals surface area contributed by atoms with Crippen LogP contribution in [-0.2, 0) is 20.7 Å². The number of esters is 1. The molecule has 0 radical (unpaired) electrons. The Labute approximate surface area is 99.2 Å². The standard InChI is InChI=1S/C11H14N2O4/c1-15-7-9(10(14)16-2)4-8-5-12-11(17-3)13-6-8/h5-7H,4H2,1-3H3/b9-7-. The molecule has 17 heavy (non-hydrogen) atoms. The molecular weight excluding hydrogens is 224 g/mol. The van der Waals surface area contributed by atoms with Gasteiger partial charge in [0.2, 0.25) is 0 Å². The molecule has 0 saturated carbocycles. The highest BCUT2D eigenvalue weighted by atomic mass is 16.5. The quantitative estimate of drug-likeness (QED) is 0.428. The van der Waals surface area contributed by atoms with Crippen molar-refractivity contribution in [1.29, 1.82) is 0 Å².